The van der Waals surface area contributed by atoms with Crippen molar-refractivity contribution in [2.24, 2.45) is 0 Å². The standard InChI is InChI=1S/C42H33N/c1-28-9-8-12-32-27-34(20-23-36(28)32)42-38-15-5-4-14-37(38)41(33-19-18-30-10-2-3-11-31(30)26-33)39-22-17-29(25-40(39)42)16-21-35-13-6-7-24-43-35/h2-8,10-15,17-20,22-28H,9,16,21H2,1H3. The third kappa shape index (κ3) is 4.62. The molecule has 0 spiro atoms. The van der Waals surface area contributed by atoms with Crippen LogP contribution < -0.4 is 0 Å². The van der Waals surface area contributed by atoms with Crippen LogP contribution in [-0.2, 0) is 12.8 Å². The minimum Gasteiger partial charge on any atom is -0.261 e. The molecule has 43 heavy (non-hydrogen) atoms. The molecule has 1 aliphatic rings. The Morgan fingerprint density at radius 2 is 1.33 bits per heavy atom. The van der Waals surface area contributed by atoms with Crippen LogP contribution in [0.4, 0.5) is 0 Å². The molecule has 7 aromatic rings. The van der Waals surface area contributed by atoms with E-state index in [1.165, 1.54) is 71.3 Å². The molecule has 0 saturated heterocycles. The molecular formula is C42H33N. The summed E-state index contributed by atoms with van der Waals surface area (Å²) in [7, 11) is 0. The molecule has 8 rings (SSSR count). The molecule has 1 aliphatic carbocycles. The van der Waals surface area contributed by atoms with E-state index >= 15 is 0 Å². The lowest BCUT2D eigenvalue weighted by molar-refractivity contribution is 0.772. The molecule has 1 atom stereocenters. The predicted octanol–water partition coefficient (Wildman–Crippen LogP) is 11.2. The fourth-order valence-electron chi connectivity index (χ4n) is 7.02. The van der Waals surface area contributed by atoms with Gasteiger partial charge in [-0.15, -0.1) is 0 Å². The Balaban J connectivity index is 1.40. The monoisotopic (exact) mass is 551 g/mol. The van der Waals surface area contributed by atoms with Gasteiger partial charge in [-0.25, -0.2) is 0 Å². The molecule has 1 heteroatoms. The largest absolute Gasteiger partial charge is 0.261 e. The van der Waals surface area contributed by atoms with Crippen molar-refractivity contribution < 1.29 is 0 Å². The number of pyridine rings is 1. The number of nitrogens with zero attached hydrogens (tertiary/aromatic N) is 1. The zero-order chi connectivity index (χ0) is 28.8. The summed E-state index contributed by atoms with van der Waals surface area (Å²) in [5.74, 6) is 0.552. The highest BCUT2D eigenvalue weighted by molar-refractivity contribution is 6.22. The van der Waals surface area contributed by atoms with E-state index in [2.05, 4.69) is 139 Å². The lowest BCUT2D eigenvalue weighted by atomic mass is 9.82. The zero-order valence-electron chi connectivity index (χ0n) is 24.4. The molecule has 6 aromatic carbocycles. The van der Waals surface area contributed by atoms with Gasteiger partial charge in [0.1, 0.15) is 0 Å². The first-order valence-corrected chi connectivity index (χ1v) is 15.4. The highest BCUT2D eigenvalue weighted by Crippen LogP contribution is 2.45. The molecule has 0 fully saturated rings. The molecule has 1 unspecified atom stereocenters. The maximum atomic E-state index is 4.58. The van der Waals surface area contributed by atoms with Crippen LogP contribution in [0.2, 0.25) is 0 Å². The topological polar surface area (TPSA) is 12.9 Å². The van der Waals surface area contributed by atoms with Crippen molar-refractivity contribution in [1.82, 2.24) is 4.98 Å². The zero-order valence-corrected chi connectivity index (χ0v) is 24.4. The summed E-state index contributed by atoms with van der Waals surface area (Å²) in [6.45, 7) is 2.33. The lowest BCUT2D eigenvalue weighted by Gasteiger charge is -2.21. The van der Waals surface area contributed by atoms with E-state index in [1.807, 2.05) is 12.3 Å². The predicted molar refractivity (Wildman–Crippen MR) is 184 cm³/mol. The number of allylic oxidation sites excluding steroid dienone is 1. The van der Waals surface area contributed by atoms with Gasteiger partial charge in [-0.1, -0.05) is 116 Å². The highest BCUT2D eigenvalue weighted by Gasteiger charge is 2.19. The molecule has 206 valence electrons. The van der Waals surface area contributed by atoms with Gasteiger partial charge in [0.25, 0.3) is 0 Å². The summed E-state index contributed by atoms with van der Waals surface area (Å²) in [5, 5.41) is 7.74. The third-order valence-corrected chi connectivity index (χ3v) is 9.22. The fourth-order valence-corrected chi connectivity index (χ4v) is 7.02. The molecule has 1 nitrogen and oxygen atoms in total. The van der Waals surface area contributed by atoms with E-state index in [4.69, 9.17) is 0 Å². The summed E-state index contributed by atoms with van der Waals surface area (Å²) >= 11 is 0. The van der Waals surface area contributed by atoms with Gasteiger partial charge in [0.2, 0.25) is 0 Å². The van der Waals surface area contributed by atoms with Gasteiger partial charge in [-0.05, 0) is 121 Å². The van der Waals surface area contributed by atoms with Crippen LogP contribution in [0.5, 0.6) is 0 Å². The Labute approximate surface area is 253 Å². The Morgan fingerprint density at radius 3 is 2.16 bits per heavy atom. The summed E-state index contributed by atoms with van der Waals surface area (Å²) in [4.78, 5) is 4.58. The van der Waals surface area contributed by atoms with Gasteiger partial charge in [-0.3, -0.25) is 4.98 Å². The second-order valence-electron chi connectivity index (χ2n) is 11.9. The summed E-state index contributed by atoms with van der Waals surface area (Å²) in [6.07, 6.45) is 9.51. The minimum atomic E-state index is 0.552. The minimum absolute atomic E-state index is 0.552. The Morgan fingerprint density at radius 1 is 0.605 bits per heavy atom. The molecule has 0 amide bonds. The average Bonchev–Trinajstić information content (AvgIpc) is 3.06. The molecule has 1 heterocycles. The number of rotatable bonds is 5. The van der Waals surface area contributed by atoms with Gasteiger partial charge >= 0.3 is 0 Å². The quantitative estimate of drug-likeness (QED) is 0.194. The number of benzene rings is 6. The summed E-state index contributed by atoms with van der Waals surface area (Å²) < 4.78 is 0. The SMILES string of the molecule is CC1CC=Cc2cc(-c3c4ccccc4c(-c4ccc5ccccc5c4)c4ccc(CCc5ccccn5)cc34)ccc21. The van der Waals surface area contributed by atoms with E-state index in [1.54, 1.807) is 0 Å². The van der Waals surface area contributed by atoms with Crippen LogP contribution in [-0.4, -0.2) is 4.98 Å². The Bertz CT molecular complexity index is 2170. The van der Waals surface area contributed by atoms with Crippen LogP contribution in [0.15, 0.2) is 134 Å². The van der Waals surface area contributed by atoms with Crippen LogP contribution in [0.1, 0.15) is 41.6 Å². The van der Waals surface area contributed by atoms with Crippen LogP contribution in [0.25, 0.3) is 60.6 Å². The van der Waals surface area contributed by atoms with Crippen molar-refractivity contribution in [1.29, 1.82) is 0 Å². The Hall–Kier alpha value is -5.01. The lowest BCUT2D eigenvalue weighted by Crippen LogP contribution is -2.00. The van der Waals surface area contributed by atoms with Crippen molar-refractivity contribution in [3.8, 4) is 22.3 Å². The molecule has 0 N–H and O–H groups in total. The van der Waals surface area contributed by atoms with Gasteiger partial charge < -0.3 is 0 Å². The Kier molecular flexibility index (Phi) is 6.38. The first-order chi connectivity index (χ1) is 21.2. The van der Waals surface area contributed by atoms with Gasteiger partial charge in [0.15, 0.2) is 0 Å². The first-order valence-electron chi connectivity index (χ1n) is 15.4. The molecular weight excluding hydrogens is 518 g/mol. The van der Waals surface area contributed by atoms with E-state index in [0.717, 1.165) is 25.0 Å². The van der Waals surface area contributed by atoms with Gasteiger partial charge in [0, 0.05) is 11.9 Å². The molecule has 0 aliphatic heterocycles. The maximum Gasteiger partial charge on any atom is 0.0406 e. The first kappa shape index (κ1) is 25.7. The van der Waals surface area contributed by atoms with E-state index < -0.39 is 0 Å². The van der Waals surface area contributed by atoms with Crippen molar-refractivity contribution in [3.05, 3.63) is 156 Å². The molecule has 1 aromatic heterocycles. The second-order valence-corrected chi connectivity index (χ2v) is 11.9. The van der Waals surface area contributed by atoms with Gasteiger partial charge in [-0.2, -0.15) is 0 Å². The van der Waals surface area contributed by atoms with E-state index in [9.17, 15) is 0 Å². The molecule has 0 radical (unpaired) electrons. The van der Waals surface area contributed by atoms with Crippen molar-refractivity contribution in [2.45, 2.75) is 32.1 Å². The normalized spacial score (nSPS) is 14.4. The van der Waals surface area contributed by atoms with Gasteiger partial charge in [0.05, 0.1) is 0 Å². The number of fused-ring (bicyclic) bond motifs is 4. The van der Waals surface area contributed by atoms with Crippen LogP contribution >= 0.6 is 0 Å². The fraction of sp³-hybridized carbons (Fsp3) is 0.119. The third-order valence-electron chi connectivity index (χ3n) is 9.22. The highest BCUT2D eigenvalue weighted by atomic mass is 14.7. The molecule has 0 bridgehead atoms. The van der Waals surface area contributed by atoms with E-state index in [0.29, 0.717) is 5.92 Å². The van der Waals surface area contributed by atoms with Crippen molar-refractivity contribution in [2.75, 3.05) is 0 Å². The summed E-state index contributed by atoms with van der Waals surface area (Å²) in [6, 6.07) is 45.0. The average molecular weight is 552 g/mol. The van der Waals surface area contributed by atoms with Crippen molar-refractivity contribution in [3.63, 3.8) is 0 Å². The van der Waals surface area contributed by atoms with E-state index in [-0.39, 0.29) is 0 Å². The van der Waals surface area contributed by atoms with Crippen molar-refractivity contribution >= 4 is 38.4 Å². The number of hydrogen-bond donors (Lipinski definition) is 0. The number of aromatic nitrogens is 1. The number of aryl methyl sites for hydroxylation is 2. The smallest absolute Gasteiger partial charge is 0.0406 e. The van der Waals surface area contributed by atoms with Crippen LogP contribution in [0, 0.1) is 0 Å². The summed E-state index contributed by atoms with van der Waals surface area (Å²) in [5.41, 5.74) is 10.4. The maximum absolute atomic E-state index is 4.58. The molecule has 0 saturated carbocycles. The second kappa shape index (κ2) is 10.7. The van der Waals surface area contributed by atoms with Crippen LogP contribution in [0.3, 0.4) is 0 Å². The number of hydrogen-bond acceptors (Lipinski definition) is 1.